The van der Waals surface area contributed by atoms with Gasteiger partial charge in [0, 0.05) is 17.1 Å². The zero-order chi connectivity index (χ0) is 14.8. The molecule has 4 nitrogen and oxygen atoms in total. The van der Waals surface area contributed by atoms with E-state index in [0.717, 1.165) is 0 Å². The summed E-state index contributed by atoms with van der Waals surface area (Å²) >= 11 is 5.72. The molecule has 0 atom stereocenters. The van der Waals surface area contributed by atoms with Crippen LogP contribution in [0.1, 0.15) is 5.56 Å². The highest BCUT2D eigenvalue weighted by molar-refractivity contribution is 7.89. The Morgan fingerprint density at radius 1 is 1.20 bits per heavy atom. The first kappa shape index (κ1) is 14.8. The molecule has 0 aliphatic carbocycles. The standard InChI is InChI=1S/C13H12ClFN2O2S/c14-10-5-6-13(12(16)7-10)20(18,19)17-8-9-3-1-2-4-11(9)15/h1-7,17H,8,16H2. The van der Waals surface area contributed by atoms with Gasteiger partial charge in [-0.3, -0.25) is 0 Å². The van der Waals surface area contributed by atoms with Crippen molar-refractivity contribution in [1.82, 2.24) is 4.72 Å². The Morgan fingerprint density at radius 3 is 2.55 bits per heavy atom. The van der Waals surface area contributed by atoms with Gasteiger partial charge >= 0.3 is 0 Å². The van der Waals surface area contributed by atoms with Crippen LogP contribution in [0.5, 0.6) is 0 Å². The highest BCUT2D eigenvalue weighted by Gasteiger charge is 2.17. The minimum Gasteiger partial charge on any atom is -0.398 e. The van der Waals surface area contributed by atoms with Crippen molar-refractivity contribution in [3.05, 3.63) is 58.9 Å². The van der Waals surface area contributed by atoms with Gasteiger partial charge in [0.25, 0.3) is 0 Å². The number of hydrogen-bond acceptors (Lipinski definition) is 3. The molecule has 20 heavy (non-hydrogen) atoms. The Kier molecular flexibility index (Phi) is 4.27. The number of benzene rings is 2. The van der Waals surface area contributed by atoms with Gasteiger partial charge in [0.05, 0.1) is 5.69 Å². The van der Waals surface area contributed by atoms with Crippen LogP contribution in [0.4, 0.5) is 10.1 Å². The molecule has 0 unspecified atom stereocenters. The molecule has 106 valence electrons. The van der Waals surface area contributed by atoms with E-state index in [0.29, 0.717) is 5.02 Å². The molecular formula is C13H12ClFN2O2S. The van der Waals surface area contributed by atoms with Gasteiger partial charge in [-0.05, 0) is 24.3 Å². The number of rotatable bonds is 4. The van der Waals surface area contributed by atoms with Gasteiger partial charge in [-0.1, -0.05) is 29.8 Å². The maximum absolute atomic E-state index is 13.4. The molecule has 2 aromatic carbocycles. The molecule has 2 aromatic rings. The number of nitrogens with two attached hydrogens (primary N) is 1. The lowest BCUT2D eigenvalue weighted by atomic mass is 10.2. The van der Waals surface area contributed by atoms with Gasteiger partial charge in [-0.15, -0.1) is 0 Å². The van der Waals surface area contributed by atoms with E-state index in [4.69, 9.17) is 17.3 Å². The van der Waals surface area contributed by atoms with Crippen molar-refractivity contribution >= 4 is 27.3 Å². The molecule has 2 rings (SSSR count). The van der Waals surface area contributed by atoms with E-state index in [2.05, 4.69) is 4.72 Å². The number of halogens is 2. The fraction of sp³-hybridized carbons (Fsp3) is 0.0769. The molecule has 0 saturated carbocycles. The van der Waals surface area contributed by atoms with E-state index in [1.807, 2.05) is 0 Å². The Balaban J connectivity index is 2.22. The van der Waals surface area contributed by atoms with Gasteiger partial charge in [0.2, 0.25) is 10.0 Å². The molecular weight excluding hydrogens is 303 g/mol. The summed E-state index contributed by atoms with van der Waals surface area (Å²) in [6, 6.07) is 10.0. The largest absolute Gasteiger partial charge is 0.398 e. The van der Waals surface area contributed by atoms with E-state index in [1.165, 1.54) is 36.4 Å². The second kappa shape index (κ2) is 5.78. The summed E-state index contributed by atoms with van der Waals surface area (Å²) in [7, 11) is -3.82. The van der Waals surface area contributed by atoms with Crippen LogP contribution in [0.15, 0.2) is 47.4 Å². The van der Waals surface area contributed by atoms with Crippen molar-refractivity contribution in [2.24, 2.45) is 0 Å². The van der Waals surface area contributed by atoms with Crippen molar-refractivity contribution in [1.29, 1.82) is 0 Å². The molecule has 0 aliphatic heterocycles. The fourth-order valence-corrected chi connectivity index (χ4v) is 2.95. The molecule has 0 spiro atoms. The van der Waals surface area contributed by atoms with Crippen LogP contribution in [-0.4, -0.2) is 8.42 Å². The number of anilines is 1. The summed E-state index contributed by atoms with van der Waals surface area (Å²) in [5.74, 6) is -0.473. The fourth-order valence-electron chi connectivity index (χ4n) is 1.66. The summed E-state index contributed by atoms with van der Waals surface area (Å²) in [5, 5.41) is 0.343. The Hall–Kier alpha value is -1.63. The topological polar surface area (TPSA) is 72.2 Å². The average molecular weight is 315 g/mol. The van der Waals surface area contributed by atoms with E-state index in [1.54, 1.807) is 6.07 Å². The first-order chi connectivity index (χ1) is 9.40. The predicted octanol–water partition coefficient (Wildman–Crippen LogP) is 2.54. The smallest absolute Gasteiger partial charge is 0.242 e. The van der Waals surface area contributed by atoms with Crippen molar-refractivity contribution < 1.29 is 12.8 Å². The third-order valence-corrected chi connectivity index (χ3v) is 4.38. The summed E-state index contributed by atoms with van der Waals surface area (Å²) in [6.45, 7) is -0.156. The van der Waals surface area contributed by atoms with Crippen LogP contribution in [0.3, 0.4) is 0 Å². The molecule has 7 heteroatoms. The third kappa shape index (κ3) is 3.27. The normalized spacial score (nSPS) is 11.5. The number of hydrogen-bond donors (Lipinski definition) is 2. The number of nitrogen functional groups attached to an aromatic ring is 1. The summed E-state index contributed by atoms with van der Waals surface area (Å²) in [4.78, 5) is -0.0850. The lowest BCUT2D eigenvalue weighted by Crippen LogP contribution is -2.24. The molecule has 0 amide bonds. The zero-order valence-electron chi connectivity index (χ0n) is 10.3. The summed E-state index contributed by atoms with van der Waals surface area (Å²) in [5.41, 5.74) is 5.92. The second-order valence-electron chi connectivity index (χ2n) is 4.10. The van der Waals surface area contributed by atoms with Gasteiger partial charge in [0.1, 0.15) is 10.7 Å². The SMILES string of the molecule is Nc1cc(Cl)ccc1S(=O)(=O)NCc1ccccc1F. The second-order valence-corrected chi connectivity index (χ2v) is 6.27. The monoisotopic (exact) mass is 314 g/mol. The third-order valence-electron chi connectivity index (χ3n) is 2.67. The zero-order valence-corrected chi connectivity index (χ0v) is 11.9. The Bertz CT molecular complexity index is 735. The maximum Gasteiger partial charge on any atom is 0.242 e. The molecule has 0 aromatic heterocycles. The lowest BCUT2D eigenvalue weighted by molar-refractivity contribution is 0.574. The minimum atomic E-state index is -3.82. The van der Waals surface area contributed by atoms with Crippen LogP contribution in [0.2, 0.25) is 5.02 Å². The van der Waals surface area contributed by atoms with Crippen molar-refractivity contribution in [3.63, 3.8) is 0 Å². The van der Waals surface area contributed by atoms with E-state index in [-0.39, 0.29) is 22.7 Å². The van der Waals surface area contributed by atoms with Crippen LogP contribution in [-0.2, 0) is 16.6 Å². The predicted molar refractivity (Wildman–Crippen MR) is 76.3 cm³/mol. The first-order valence-electron chi connectivity index (χ1n) is 5.68. The highest BCUT2D eigenvalue weighted by Crippen LogP contribution is 2.22. The molecule has 0 fully saturated rings. The van der Waals surface area contributed by atoms with Crippen LogP contribution < -0.4 is 10.5 Å². The lowest BCUT2D eigenvalue weighted by Gasteiger charge is -2.09. The van der Waals surface area contributed by atoms with Crippen LogP contribution >= 0.6 is 11.6 Å². The quantitative estimate of drug-likeness (QED) is 0.852. The van der Waals surface area contributed by atoms with Crippen molar-refractivity contribution in [3.8, 4) is 0 Å². The minimum absolute atomic E-state index is 0.0403. The number of sulfonamides is 1. The van der Waals surface area contributed by atoms with Crippen LogP contribution in [0, 0.1) is 5.82 Å². The summed E-state index contributed by atoms with van der Waals surface area (Å²) < 4.78 is 39.9. The molecule has 0 aliphatic rings. The summed E-state index contributed by atoms with van der Waals surface area (Å²) in [6.07, 6.45) is 0. The van der Waals surface area contributed by atoms with E-state index in [9.17, 15) is 12.8 Å². The van der Waals surface area contributed by atoms with Gasteiger partial charge in [-0.25, -0.2) is 17.5 Å². The average Bonchev–Trinajstić information content (AvgIpc) is 2.37. The molecule has 0 bridgehead atoms. The molecule has 0 saturated heterocycles. The van der Waals surface area contributed by atoms with Crippen molar-refractivity contribution in [2.75, 3.05) is 5.73 Å². The van der Waals surface area contributed by atoms with Gasteiger partial charge < -0.3 is 5.73 Å². The van der Waals surface area contributed by atoms with Gasteiger partial charge in [0.15, 0.2) is 0 Å². The number of nitrogens with one attached hydrogen (secondary N) is 1. The maximum atomic E-state index is 13.4. The van der Waals surface area contributed by atoms with Gasteiger partial charge in [-0.2, -0.15) is 0 Å². The van der Waals surface area contributed by atoms with Crippen molar-refractivity contribution in [2.45, 2.75) is 11.4 Å². The van der Waals surface area contributed by atoms with E-state index >= 15 is 0 Å². The van der Waals surface area contributed by atoms with Crippen LogP contribution in [0.25, 0.3) is 0 Å². The Labute approximate surface area is 121 Å². The Morgan fingerprint density at radius 2 is 1.90 bits per heavy atom. The first-order valence-corrected chi connectivity index (χ1v) is 7.54. The molecule has 3 N–H and O–H groups in total. The molecule has 0 heterocycles. The molecule has 0 radical (unpaired) electrons. The highest BCUT2D eigenvalue weighted by atomic mass is 35.5. The van der Waals surface area contributed by atoms with E-state index < -0.39 is 15.8 Å².